The first-order valence-electron chi connectivity index (χ1n) is 30.3. The van der Waals surface area contributed by atoms with Crippen molar-refractivity contribution in [1.82, 2.24) is 20.9 Å². The van der Waals surface area contributed by atoms with Crippen LogP contribution < -0.4 is 51.2 Å². The molecule has 0 spiro atoms. The lowest BCUT2D eigenvalue weighted by atomic mass is 9.67. The van der Waals surface area contributed by atoms with Crippen LogP contribution in [0, 0.1) is 5.41 Å². The van der Waals surface area contributed by atoms with Crippen molar-refractivity contribution in [2.24, 2.45) is 11.1 Å². The van der Waals surface area contributed by atoms with Gasteiger partial charge in [0.15, 0.2) is 0 Å². The molecule has 3 heterocycles. The van der Waals surface area contributed by atoms with Crippen LogP contribution in [0.2, 0.25) is 0 Å². The summed E-state index contributed by atoms with van der Waals surface area (Å²) >= 11 is 13.1. The average molecular weight is 1340 g/mol. The quantitative estimate of drug-likeness (QED) is 0.00632. The molecule has 8 N–H and O–H groups in total. The number of halogens is 2. The van der Waals surface area contributed by atoms with E-state index in [0.717, 1.165) is 37.6 Å². The number of amides is 10. The molecule has 1 aliphatic carbocycles. The maximum Gasteiger partial charge on any atom is 0.411 e. The van der Waals surface area contributed by atoms with Crippen LogP contribution in [-0.2, 0) is 44.9 Å². The Hall–Kier alpha value is -8.91. The van der Waals surface area contributed by atoms with Crippen molar-refractivity contribution in [2.75, 3.05) is 64.9 Å². The normalized spacial score (nSPS) is 16.6. The van der Waals surface area contributed by atoms with Crippen LogP contribution in [0.4, 0.5) is 32.3 Å². The second-order valence-corrected chi connectivity index (χ2v) is 24.1. The number of hydrogen-bond donors (Lipinski definition) is 7. The van der Waals surface area contributed by atoms with E-state index >= 15 is 0 Å². The van der Waals surface area contributed by atoms with E-state index < -0.39 is 56.2 Å². The van der Waals surface area contributed by atoms with Gasteiger partial charge in [0.2, 0.25) is 26.8 Å². The molecule has 22 nitrogen and oxygen atoms in total. The third kappa shape index (κ3) is 15.3. The zero-order chi connectivity index (χ0) is 65.8. The van der Waals surface area contributed by atoms with E-state index in [2.05, 4.69) is 36.1 Å². The number of urea groups is 1. The van der Waals surface area contributed by atoms with Crippen LogP contribution in [-0.4, -0.2) is 114 Å². The van der Waals surface area contributed by atoms with Crippen LogP contribution >= 0.6 is 41.7 Å². The molecule has 1 fully saturated rings. The molecule has 1 saturated carbocycles. The van der Waals surface area contributed by atoms with E-state index in [1.807, 2.05) is 54.6 Å². The number of imide groups is 1. The first-order chi connectivity index (χ1) is 45.0. The van der Waals surface area contributed by atoms with E-state index in [1.54, 1.807) is 70.5 Å². The van der Waals surface area contributed by atoms with Crippen LogP contribution in [0.25, 0.3) is 33.7 Å². The van der Waals surface area contributed by atoms with Gasteiger partial charge in [-0.1, -0.05) is 79.2 Å². The Morgan fingerprint density at radius 1 is 0.710 bits per heavy atom. The minimum atomic E-state index is -1.40. The summed E-state index contributed by atoms with van der Waals surface area (Å²) < 4.78 is 17.0. The fourth-order valence-electron chi connectivity index (χ4n) is 12.1. The number of carbonyl (C=O) groups is 9. The van der Waals surface area contributed by atoms with E-state index in [9.17, 15) is 48.0 Å². The van der Waals surface area contributed by atoms with E-state index in [1.165, 1.54) is 24.3 Å². The van der Waals surface area contributed by atoms with Gasteiger partial charge in [0, 0.05) is 109 Å². The number of unbranched alkanes of at least 4 members (excludes halogenated alkanes) is 2. The van der Waals surface area contributed by atoms with Gasteiger partial charge in [-0.25, -0.2) is 9.59 Å². The summed E-state index contributed by atoms with van der Waals surface area (Å²) in [6.45, 7) is 1.03. The molecular formula is C67H69Cl2N9O13P2. The lowest BCUT2D eigenvalue weighted by molar-refractivity contribution is -0.151. The number of nitrogens with two attached hydrogens (primary N) is 1. The highest BCUT2D eigenvalue weighted by atomic mass is 35.5. The predicted molar refractivity (Wildman–Crippen MR) is 362 cm³/mol. The Morgan fingerprint density at radius 3 is 1.90 bits per heavy atom. The first-order valence-corrected chi connectivity index (χ1v) is 32.7. The first kappa shape index (κ1) is 67.0. The van der Waals surface area contributed by atoms with Crippen molar-refractivity contribution in [3.63, 3.8) is 0 Å². The summed E-state index contributed by atoms with van der Waals surface area (Å²) in [6, 6.07) is 28.5. The highest BCUT2D eigenvalue weighted by molar-refractivity contribution is 7.25. The summed E-state index contributed by atoms with van der Waals surface area (Å²) in [7, 11) is 1.43. The molecule has 2 unspecified atom stereocenters. The van der Waals surface area contributed by atoms with Crippen LogP contribution in [0.15, 0.2) is 127 Å². The topological polar surface area (TPSA) is 297 Å². The number of carbonyl (C=O) groups excluding carboxylic acids is 9. The second-order valence-electron chi connectivity index (χ2n) is 22.9. The minimum Gasteiger partial charge on any atom is -0.480 e. The van der Waals surface area contributed by atoms with Gasteiger partial charge >= 0.3 is 12.1 Å². The van der Waals surface area contributed by atoms with Crippen LogP contribution in [0.1, 0.15) is 91.0 Å². The number of ether oxygens (including phenoxy) is 1. The molecule has 6 aromatic rings. The molecule has 10 amide bonds. The fourth-order valence-corrected chi connectivity index (χ4v) is 13.1. The maximum absolute atomic E-state index is 14.3. The summed E-state index contributed by atoms with van der Waals surface area (Å²) in [6.07, 6.45) is 10.8. The van der Waals surface area contributed by atoms with Gasteiger partial charge in [-0.2, -0.15) is 0 Å². The largest absolute Gasteiger partial charge is 0.480 e. The zero-order valence-corrected chi connectivity index (χ0v) is 54.1. The highest BCUT2D eigenvalue weighted by Gasteiger charge is 2.51. The molecule has 93 heavy (non-hydrogen) atoms. The molecule has 0 bridgehead atoms. The predicted octanol–water partition coefficient (Wildman–Crippen LogP) is 9.81. The van der Waals surface area contributed by atoms with Crippen molar-refractivity contribution in [1.29, 1.82) is 0 Å². The number of rotatable bonds is 27. The standard InChI is InChI=1S/C67H69Cl2N9O13P2/c68-35-43-37-77(52-33-54(90-92)46-10-2-4-12-48(46)60(43)52)58(81)23-18-40-15-19-42(20-24-59(82)78-38-44(36-69)61-49-13-5-3-11-47(49)55(91-93-88)34-53(61)78)51(32-40)75-66(87)89-39-41-16-21-45(22-17-41)73-62(83)50(14-8-30-72-65(70)86)74-64(85)67(27-9-28-67)63(84)71-29-6-1-7-31-76-56(79)25-26-57(76)80/h2-5,10-13,15-26,32-34,43-44,50,88,93H,1,6-9,14,27-31,35-39,92H2,(H,71,84)(H,73,83)(H,74,85)(H,75,87)(H3,70,72,86)/b23-18+,24-20+/t43-,44-,50+/m1/s1. The molecular weight excluding hydrogens is 1270 g/mol. The Bertz CT molecular complexity index is 3980. The smallest absolute Gasteiger partial charge is 0.411 e. The monoisotopic (exact) mass is 1340 g/mol. The Balaban J connectivity index is 0.815. The summed E-state index contributed by atoms with van der Waals surface area (Å²) in [4.78, 5) is 133. The SMILES string of the molecule is NC(=O)NCCC[C@H](NC(=O)C1(C(=O)NCCCCCN2C(=O)C=CC2=O)CCC1)C(=O)Nc1ccc(COC(=O)Nc2cc(/C=C/C(=O)N3C[C@@H](CCl)c4c3cc(OP)c3ccccc43)ccc2/C=C/C(=O)N2C[C@@H](CCl)c3c2cc(OPO)c2ccccc32)cc1. The number of primary amides is 1. The number of anilines is 4. The summed E-state index contributed by atoms with van der Waals surface area (Å²) in [5.74, 6) is -1.95. The zero-order valence-electron chi connectivity index (χ0n) is 50.4. The van der Waals surface area contributed by atoms with Crippen molar-refractivity contribution < 1.29 is 61.8 Å². The van der Waals surface area contributed by atoms with Crippen molar-refractivity contribution >= 4 is 152 Å². The average Bonchev–Trinajstić information content (AvgIpc) is 1.62. The van der Waals surface area contributed by atoms with Gasteiger partial charge in [0.05, 0.1) is 26.5 Å². The third-order valence-corrected chi connectivity index (χ3v) is 18.4. The van der Waals surface area contributed by atoms with E-state index in [-0.39, 0.29) is 105 Å². The Labute approximate surface area is 550 Å². The van der Waals surface area contributed by atoms with Gasteiger partial charge in [-0.3, -0.25) is 43.8 Å². The number of nitrogens with zero attached hydrogens (tertiary/aromatic N) is 3. The van der Waals surface area contributed by atoms with Crippen molar-refractivity contribution in [3.8, 4) is 11.5 Å². The number of nitrogens with one attached hydrogen (secondary N) is 5. The van der Waals surface area contributed by atoms with Gasteiger partial charge in [0.25, 0.3) is 23.6 Å². The summed E-state index contributed by atoms with van der Waals surface area (Å²) in [5.41, 5.74) is 9.00. The van der Waals surface area contributed by atoms with Crippen LogP contribution in [0.5, 0.6) is 11.5 Å². The molecule has 5 atom stereocenters. The molecule has 0 saturated heterocycles. The maximum atomic E-state index is 14.3. The Kier molecular flexibility index (Phi) is 22.1. The Morgan fingerprint density at radius 2 is 1.31 bits per heavy atom. The van der Waals surface area contributed by atoms with Gasteiger partial charge in [0.1, 0.15) is 29.6 Å². The molecule has 6 aromatic carbocycles. The molecule has 0 aromatic heterocycles. The minimum absolute atomic E-state index is 0.0814. The van der Waals surface area contributed by atoms with Crippen LogP contribution in [0.3, 0.4) is 0 Å². The number of fused-ring (bicyclic) bond motifs is 6. The number of hydrogen-bond acceptors (Lipinski definition) is 13. The fraction of sp³-hybridized carbons (Fsp3) is 0.299. The third-order valence-electron chi connectivity index (χ3n) is 17.1. The number of benzene rings is 6. The number of alkyl halides is 2. The van der Waals surface area contributed by atoms with Gasteiger partial charge < -0.3 is 55.5 Å². The summed E-state index contributed by atoms with van der Waals surface area (Å²) in [5, 5.41) is 17.2. The second kappa shape index (κ2) is 30.7. The lowest BCUT2D eigenvalue weighted by Crippen LogP contribution is -2.58. The van der Waals surface area contributed by atoms with Gasteiger partial charge in [-0.15, -0.1) is 23.2 Å². The molecule has 10 rings (SSSR count). The molecule has 0 radical (unpaired) electrons. The van der Waals surface area contributed by atoms with Gasteiger partial charge in [-0.05, 0) is 114 Å². The van der Waals surface area contributed by atoms with E-state index in [0.29, 0.717) is 77.5 Å². The highest BCUT2D eigenvalue weighted by Crippen LogP contribution is 2.48. The molecule has 4 aliphatic rings. The van der Waals surface area contributed by atoms with Crippen molar-refractivity contribution in [2.45, 2.75) is 75.9 Å². The van der Waals surface area contributed by atoms with E-state index in [4.69, 9.17) is 42.7 Å². The molecule has 484 valence electrons. The van der Waals surface area contributed by atoms with Crippen molar-refractivity contribution in [3.05, 3.63) is 155 Å². The molecule has 26 heteroatoms. The molecule has 3 aliphatic heterocycles. The lowest BCUT2D eigenvalue weighted by Gasteiger charge is -2.39.